The topological polar surface area (TPSA) is 66.4 Å². The molecular weight excluding hydrogens is 266 g/mol. The van der Waals surface area contributed by atoms with E-state index in [1.807, 2.05) is 25.1 Å². The third kappa shape index (κ3) is 4.18. The predicted octanol–water partition coefficient (Wildman–Crippen LogP) is 3.13. The van der Waals surface area contributed by atoms with E-state index >= 15 is 0 Å². The third-order valence-corrected chi connectivity index (χ3v) is 3.18. The van der Waals surface area contributed by atoms with Gasteiger partial charge in [-0.15, -0.1) is 0 Å². The summed E-state index contributed by atoms with van der Waals surface area (Å²) in [6, 6.07) is 15.2. The van der Waals surface area contributed by atoms with Crippen molar-refractivity contribution in [2.45, 2.75) is 19.4 Å². The number of carboxylic acids is 1. The molecule has 0 saturated carbocycles. The van der Waals surface area contributed by atoms with Gasteiger partial charge in [0.25, 0.3) is 0 Å². The van der Waals surface area contributed by atoms with E-state index in [2.05, 4.69) is 5.32 Å². The summed E-state index contributed by atoms with van der Waals surface area (Å²) in [5.41, 5.74) is 2.30. The lowest BCUT2D eigenvalue weighted by Crippen LogP contribution is -2.31. The number of ketones is 1. The first-order chi connectivity index (χ1) is 10.1. The maximum Gasteiger partial charge on any atom is 0.326 e. The molecule has 0 fully saturated rings. The minimum absolute atomic E-state index is 0.0901. The molecule has 0 aliphatic carbocycles. The number of nitrogens with one attached hydrogen (secondary N) is 1. The highest BCUT2D eigenvalue weighted by Gasteiger charge is 2.21. The van der Waals surface area contributed by atoms with Gasteiger partial charge >= 0.3 is 5.97 Å². The van der Waals surface area contributed by atoms with E-state index in [0.717, 1.165) is 5.56 Å². The first-order valence-corrected chi connectivity index (χ1v) is 6.70. The molecule has 2 rings (SSSR count). The zero-order chi connectivity index (χ0) is 15.2. The highest BCUT2D eigenvalue weighted by molar-refractivity contribution is 5.99. The van der Waals surface area contributed by atoms with Crippen LogP contribution < -0.4 is 5.32 Å². The number of hydrogen-bond acceptors (Lipinski definition) is 3. The van der Waals surface area contributed by atoms with Gasteiger partial charge in [0.15, 0.2) is 5.78 Å². The van der Waals surface area contributed by atoms with E-state index in [1.165, 1.54) is 0 Å². The fraction of sp³-hybridized carbons (Fsp3) is 0.176. The normalized spacial score (nSPS) is 11.7. The smallest absolute Gasteiger partial charge is 0.326 e. The summed E-state index contributed by atoms with van der Waals surface area (Å²) in [5.74, 6) is -1.23. The Morgan fingerprint density at radius 2 is 1.67 bits per heavy atom. The highest BCUT2D eigenvalue weighted by atomic mass is 16.4. The Morgan fingerprint density at radius 1 is 1.05 bits per heavy atom. The van der Waals surface area contributed by atoms with Gasteiger partial charge in [0.2, 0.25) is 0 Å². The van der Waals surface area contributed by atoms with Gasteiger partial charge in [-0.1, -0.05) is 48.0 Å². The Bertz CT molecular complexity index is 620. The Balaban J connectivity index is 2.07. The number of carbonyl (C=O) groups is 2. The molecule has 108 valence electrons. The summed E-state index contributed by atoms with van der Waals surface area (Å²) in [7, 11) is 0. The molecule has 0 bridgehead atoms. The lowest BCUT2D eigenvalue weighted by molar-refractivity contribution is -0.137. The Labute approximate surface area is 123 Å². The van der Waals surface area contributed by atoms with Crippen molar-refractivity contribution in [2.24, 2.45) is 0 Å². The van der Waals surface area contributed by atoms with E-state index in [0.29, 0.717) is 11.3 Å². The zero-order valence-electron chi connectivity index (χ0n) is 11.7. The number of rotatable bonds is 6. The Hall–Kier alpha value is -2.62. The molecular formula is C17H17NO3. The van der Waals surface area contributed by atoms with Gasteiger partial charge in [0.1, 0.15) is 6.04 Å². The summed E-state index contributed by atoms with van der Waals surface area (Å²) < 4.78 is 0. The summed E-state index contributed by atoms with van der Waals surface area (Å²) in [4.78, 5) is 23.4. The molecule has 1 unspecified atom stereocenters. The molecule has 0 aliphatic heterocycles. The number of benzene rings is 2. The van der Waals surface area contributed by atoms with Crippen LogP contribution in [0.25, 0.3) is 0 Å². The third-order valence-electron chi connectivity index (χ3n) is 3.18. The standard InChI is InChI=1S/C17H17NO3/c1-12-7-9-14(10-8-12)18-15(17(20)21)11-16(19)13-5-3-2-4-6-13/h2-10,15,18H,11H2,1H3,(H,20,21). The minimum atomic E-state index is -1.04. The Morgan fingerprint density at radius 3 is 2.24 bits per heavy atom. The van der Waals surface area contributed by atoms with Crippen LogP contribution in [-0.2, 0) is 4.79 Å². The first kappa shape index (κ1) is 14.8. The Kier molecular flexibility index (Phi) is 4.72. The number of hydrogen-bond donors (Lipinski definition) is 2. The van der Waals surface area contributed by atoms with Crippen LogP contribution in [0.3, 0.4) is 0 Å². The SMILES string of the molecule is Cc1ccc(NC(CC(=O)c2ccccc2)C(=O)O)cc1. The molecule has 0 amide bonds. The van der Waals surface area contributed by atoms with Crippen LogP contribution in [0.4, 0.5) is 5.69 Å². The van der Waals surface area contributed by atoms with Crippen molar-refractivity contribution in [3.8, 4) is 0 Å². The van der Waals surface area contributed by atoms with Crippen LogP contribution in [0.15, 0.2) is 54.6 Å². The zero-order valence-corrected chi connectivity index (χ0v) is 11.7. The fourth-order valence-corrected chi connectivity index (χ4v) is 1.98. The summed E-state index contributed by atoms with van der Waals surface area (Å²) in [6.07, 6.45) is -0.0901. The lowest BCUT2D eigenvalue weighted by Gasteiger charge is -2.15. The van der Waals surface area contributed by atoms with Gasteiger partial charge in [-0.25, -0.2) is 4.79 Å². The second-order valence-corrected chi connectivity index (χ2v) is 4.89. The molecule has 0 spiro atoms. The van der Waals surface area contributed by atoms with Crippen molar-refractivity contribution in [3.63, 3.8) is 0 Å². The number of Topliss-reactive ketones (excluding diaryl/α,β-unsaturated/α-hetero) is 1. The second kappa shape index (κ2) is 6.70. The van der Waals surface area contributed by atoms with Crippen molar-refractivity contribution < 1.29 is 14.7 Å². The monoisotopic (exact) mass is 283 g/mol. The van der Waals surface area contributed by atoms with Crippen LogP contribution in [0.1, 0.15) is 22.3 Å². The van der Waals surface area contributed by atoms with Crippen molar-refractivity contribution in [3.05, 3.63) is 65.7 Å². The van der Waals surface area contributed by atoms with Gasteiger partial charge < -0.3 is 10.4 Å². The van der Waals surface area contributed by atoms with Crippen molar-refractivity contribution in [1.82, 2.24) is 0 Å². The molecule has 0 aromatic heterocycles. The van der Waals surface area contributed by atoms with Gasteiger partial charge in [-0.3, -0.25) is 4.79 Å². The van der Waals surface area contributed by atoms with Crippen LogP contribution in [0.2, 0.25) is 0 Å². The molecule has 0 saturated heterocycles. The second-order valence-electron chi connectivity index (χ2n) is 4.89. The van der Waals surface area contributed by atoms with E-state index in [4.69, 9.17) is 0 Å². The van der Waals surface area contributed by atoms with Gasteiger partial charge in [-0.2, -0.15) is 0 Å². The number of aryl methyl sites for hydroxylation is 1. The predicted molar refractivity (Wildman–Crippen MR) is 81.6 cm³/mol. The molecule has 0 heterocycles. The van der Waals surface area contributed by atoms with Gasteiger partial charge in [0.05, 0.1) is 0 Å². The van der Waals surface area contributed by atoms with E-state index in [1.54, 1.807) is 36.4 Å². The first-order valence-electron chi connectivity index (χ1n) is 6.70. The number of anilines is 1. The van der Waals surface area contributed by atoms with Crippen LogP contribution >= 0.6 is 0 Å². The van der Waals surface area contributed by atoms with E-state index in [9.17, 15) is 14.7 Å². The fourth-order valence-electron chi connectivity index (χ4n) is 1.98. The van der Waals surface area contributed by atoms with Crippen LogP contribution in [-0.4, -0.2) is 22.9 Å². The molecule has 0 radical (unpaired) electrons. The number of carbonyl (C=O) groups excluding carboxylic acids is 1. The number of aliphatic carboxylic acids is 1. The van der Waals surface area contributed by atoms with Crippen LogP contribution in [0.5, 0.6) is 0 Å². The van der Waals surface area contributed by atoms with Crippen molar-refractivity contribution >= 4 is 17.4 Å². The molecule has 2 N–H and O–H groups in total. The van der Waals surface area contributed by atoms with Crippen molar-refractivity contribution in [2.75, 3.05) is 5.32 Å². The summed E-state index contributed by atoms with van der Waals surface area (Å²) in [5, 5.41) is 12.2. The minimum Gasteiger partial charge on any atom is -0.480 e. The largest absolute Gasteiger partial charge is 0.480 e. The highest BCUT2D eigenvalue weighted by Crippen LogP contribution is 2.13. The molecule has 21 heavy (non-hydrogen) atoms. The molecule has 2 aromatic carbocycles. The molecule has 4 nitrogen and oxygen atoms in total. The molecule has 4 heteroatoms. The molecule has 1 atom stereocenters. The van der Waals surface area contributed by atoms with E-state index in [-0.39, 0.29) is 12.2 Å². The average Bonchev–Trinajstić information content (AvgIpc) is 2.49. The summed E-state index contributed by atoms with van der Waals surface area (Å²) >= 11 is 0. The maximum atomic E-state index is 12.1. The van der Waals surface area contributed by atoms with Gasteiger partial charge in [-0.05, 0) is 19.1 Å². The van der Waals surface area contributed by atoms with Crippen LogP contribution in [0, 0.1) is 6.92 Å². The molecule has 2 aromatic rings. The summed E-state index contributed by atoms with van der Waals surface area (Å²) in [6.45, 7) is 1.96. The lowest BCUT2D eigenvalue weighted by atomic mass is 10.0. The van der Waals surface area contributed by atoms with E-state index < -0.39 is 12.0 Å². The quantitative estimate of drug-likeness (QED) is 0.799. The maximum absolute atomic E-state index is 12.1. The molecule has 0 aliphatic rings. The van der Waals surface area contributed by atoms with Gasteiger partial charge in [0, 0.05) is 17.7 Å². The average molecular weight is 283 g/mol. The number of carboxylic acid groups (broad SMARTS) is 1. The van der Waals surface area contributed by atoms with Crippen molar-refractivity contribution in [1.29, 1.82) is 0 Å².